The molecule has 0 bridgehead atoms. The van der Waals surface area contributed by atoms with Crippen LogP contribution < -0.4 is 5.32 Å². The average Bonchev–Trinajstić information content (AvgIpc) is 2.82. The van der Waals surface area contributed by atoms with Crippen molar-refractivity contribution in [3.05, 3.63) is 28.2 Å². The number of halogens is 2. The minimum absolute atomic E-state index is 0.201. The van der Waals surface area contributed by atoms with Crippen LogP contribution in [0.2, 0.25) is 10.0 Å². The molecule has 0 radical (unpaired) electrons. The van der Waals surface area contributed by atoms with E-state index in [4.69, 9.17) is 23.2 Å². The molecule has 1 N–H and O–H groups in total. The molecule has 1 fully saturated rings. The van der Waals surface area contributed by atoms with Crippen molar-refractivity contribution in [1.29, 1.82) is 0 Å². The molecule has 0 unspecified atom stereocenters. The lowest BCUT2D eigenvalue weighted by atomic mass is 10.1. The number of nitrogens with zero attached hydrogens (tertiary/aromatic N) is 1. The lowest BCUT2D eigenvalue weighted by molar-refractivity contribution is 0.451. The van der Waals surface area contributed by atoms with Gasteiger partial charge in [-0.25, -0.2) is 8.42 Å². The Labute approximate surface area is 123 Å². The molecule has 0 amide bonds. The zero-order valence-electron chi connectivity index (χ0n) is 10.6. The van der Waals surface area contributed by atoms with Crippen molar-refractivity contribution < 1.29 is 8.42 Å². The fraction of sp³-hybridized carbons (Fsp3) is 0.500. The third-order valence-electron chi connectivity index (χ3n) is 3.27. The van der Waals surface area contributed by atoms with Crippen molar-refractivity contribution >= 4 is 33.2 Å². The fourth-order valence-corrected chi connectivity index (χ4v) is 4.18. The van der Waals surface area contributed by atoms with Gasteiger partial charge in [0, 0.05) is 13.1 Å². The van der Waals surface area contributed by atoms with Gasteiger partial charge in [-0.3, -0.25) is 0 Å². The maximum atomic E-state index is 12.5. The highest BCUT2D eigenvalue weighted by atomic mass is 35.5. The van der Waals surface area contributed by atoms with Gasteiger partial charge in [0.25, 0.3) is 0 Å². The van der Waals surface area contributed by atoms with E-state index in [-0.39, 0.29) is 9.92 Å². The molecule has 1 aliphatic heterocycles. The molecule has 1 aliphatic rings. The van der Waals surface area contributed by atoms with Crippen molar-refractivity contribution in [3.8, 4) is 0 Å². The molecule has 0 spiro atoms. The Bertz CT molecular complexity index is 563. The molecule has 1 atom stereocenters. The summed E-state index contributed by atoms with van der Waals surface area (Å²) in [5, 5.41) is 3.69. The van der Waals surface area contributed by atoms with Crippen LogP contribution in [-0.4, -0.2) is 39.4 Å². The Morgan fingerprint density at radius 2 is 2.11 bits per heavy atom. The molecular formula is C12H16Cl2N2O2S. The van der Waals surface area contributed by atoms with E-state index in [9.17, 15) is 8.42 Å². The van der Waals surface area contributed by atoms with E-state index in [2.05, 4.69) is 5.32 Å². The molecular weight excluding hydrogens is 307 g/mol. The van der Waals surface area contributed by atoms with Gasteiger partial charge in [-0.15, -0.1) is 0 Å². The summed E-state index contributed by atoms with van der Waals surface area (Å²) in [5.74, 6) is 0.363. The number of hydrogen-bond acceptors (Lipinski definition) is 3. The molecule has 1 aromatic carbocycles. The maximum absolute atomic E-state index is 12.5. The molecule has 0 aliphatic carbocycles. The highest BCUT2D eigenvalue weighted by Gasteiger charge is 2.32. The standard InChI is InChI=1S/C12H16Cl2N2O2S/c1-15-7-9-4-5-16(8-9)19(17,18)10-2-3-11(13)12(14)6-10/h2-3,6,9,15H,4-5,7-8H2,1H3/t9-/m1/s1. The Kier molecular flexibility index (Phi) is 4.74. The first-order chi connectivity index (χ1) is 8.95. The first kappa shape index (κ1) is 15.1. The normalized spacial score (nSPS) is 20.9. The van der Waals surface area contributed by atoms with E-state index in [0.29, 0.717) is 24.0 Å². The van der Waals surface area contributed by atoms with Crippen LogP contribution in [0.1, 0.15) is 6.42 Å². The second-order valence-electron chi connectivity index (χ2n) is 4.65. The summed E-state index contributed by atoms with van der Waals surface area (Å²) in [4.78, 5) is 0.201. The SMILES string of the molecule is CNC[C@H]1CCN(S(=O)(=O)c2ccc(Cl)c(Cl)c2)C1. The summed E-state index contributed by atoms with van der Waals surface area (Å²) >= 11 is 11.7. The highest BCUT2D eigenvalue weighted by Crippen LogP contribution is 2.29. The summed E-state index contributed by atoms with van der Waals surface area (Å²) in [6.07, 6.45) is 0.876. The summed E-state index contributed by atoms with van der Waals surface area (Å²) in [6, 6.07) is 4.41. The Morgan fingerprint density at radius 1 is 1.37 bits per heavy atom. The van der Waals surface area contributed by atoms with Crippen LogP contribution in [0.15, 0.2) is 23.1 Å². The first-order valence-electron chi connectivity index (χ1n) is 6.05. The smallest absolute Gasteiger partial charge is 0.243 e. The number of hydrogen-bond donors (Lipinski definition) is 1. The number of sulfonamides is 1. The van der Waals surface area contributed by atoms with Crippen LogP contribution in [0.4, 0.5) is 0 Å². The molecule has 1 aromatic rings. The molecule has 2 rings (SSSR count). The minimum atomic E-state index is -3.47. The van der Waals surface area contributed by atoms with Crippen molar-refractivity contribution in [1.82, 2.24) is 9.62 Å². The largest absolute Gasteiger partial charge is 0.319 e. The maximum Gasteiger partial charge on any atom is 0.243 e. The Morgan fingerprint density at radius 3 is 2.74 bits per heavy atom. The lowest BCUT2D eigenvalue weighted by Gasteiger charge is -2.17. The number of nitrogens with one attached hydrogen (secondary N) is 1. The van der Waals surface area contributed by atoms with Gasteiger partial charge in [-0.1, -0.05) is 23.2 Å². The zero-order valence-corrected chi connectivity index (χ0v) is 12.9. The molecule has 106 valence electrons. The van der Waals surface area contributed by atoms with Crippen molar-refractivity contribution in [2.75, 3.05) is 26.7 Å². The van der Waals surface area contributed by atoms with Gasteiger partial charge < -0.3 is 5.32 Å². The summed E-state index contributed by atoms with van der Waals surface area (Å²) < 4.78 is 26.4. The molecule has 1 heterocycles. The van der Waals surface area contributed by atoms with Crippen LogP contribution in [0, 0.1) is 5.92 Å². The number of rotatable bonds is 4. The monoisotopic (exact) mass is 322 g/mol. The van der Waals surface area contributed by atoms with Crippen LogP contribution in [0.5, 0.6) is 0 Å². The quantitative estimate of drug-likeness (QED) is 0.924. The average molecular weight is 323 g/mol. The molecule has 0 aromatic heterocycles. The van der Waals surface area contributed by atoms with E-state index in [1.54, 1.807) is 0 Å². The van der Waals surface area contributed by atoms with Gasteiger partial charge in [-0.05, 0) is 44.1 Å². The van der Waals surface area contributed by atoms with Crippen molar-refractivity contribution in [2.45, 2.75) is 11.3 Å². The van der Waals surface area contributed by atoms with Crippen LogP contribution in [0.3, 0.4) is 0 Å². The fourth-order valence-electron chi connectivity index (χ4n) is 2.26. The topological polar surface area (TPSA) is 49.4 Å². The van der Waals surface area contributed by atoms with Gasteiger partial charge in [-0.2, -0.15) is 4.31 Å². The zero-order chi connectivity index (χ0) is 14.0. The molecule has 7 heteroatoms. The van der Waals surface area contributed by atoms with Gasteiger partial charge in [0.05, 0.1) is 14.9 Å². The second kappa shape index (κ2) is 5.97. The lowest BCUT2D eigenvalue weighted by Crippen LogP contribution is -2.30. The third-order valence-corrected chi connectivity index (χ3v) is 5.87. The highest BCUT2D eigenvalue weighted by molar-refractivity contribution is 7.89. The van der Waals surface area contributed by atoms with Gasteiger partial charge in [0.2, 0.25) is 10.0 Å². The summed E-state index contributed by atoms with van der Waals surface area (Å²) in [5.41, 5.74) is 0. The molecule has 1 saturated heterocycles. The Balaban J connectivity index is 2.21. The van der Waals surface area contributed by atoms with Gasteiger partial charge in [0.1, 0.15) is 0 Å². The predicted molar refractivity (Wildman–Crippen MR) is 77.3 cm³/mol. The Hall–Kier alpha value is -0.330. The third kappa shape index (κ3) is 3.23. The predicted octanol–water partition coefficient (Wildman–Crippen LogP) is 2.22. The number of benzene rings is 1. The van der Waals surface area contributed by atoms with Crippen LogP contribution in [0.25, 0.3) is 0 Å². The minimum Gasteiger partial charge on any atom is -0.319 e. The summed E-state index contributed by atoms with van der Waals surface area (Å²) in [6.45, 7) is 1.92. The summed E-state index contributed by atoms with van der Waals surface area (Å²) in [7, 11) is -1.60. The molecule has 19 heavy (non-hydrogen) atoms. The van der Waals surface area contributed by atoms with Crippen molar-refractivity contribution in [2.24, 2.45) is 5.92 Å². The van der Waals surface area contributed by atoms with Crippen LogP contribution in [-0.2, 0) is 10.0 Å². The van der Waals surface area contributed by atoms with Gasteiger partial charge >= 0.3 is 0 Å². The van der Waals surface area contributed by atoms with E-state index >= 15 is 0 Å². The van der Waals surface area contributed by atoms with Crippen molar-refractivity contribution in [3.63, 3.8) is 0 Å². The van der Waals surface area contributed by atoms with E-state index in [0.717, 1.165) is 13.0 Å². The molecule has 0 saturated carbocycles. The first-order valence-corrected chi connectivity index (χ1v) is 8.24. The van der Waals surface area contributed by atoms with E-state index in [1.165, 1.54) is 22.5 Å². The second-order valence-corrected chi connectivity index (χ2v) is 7.40. The van der Waals surface area contributed by atoms with E-state index < -0.39 is 10.0 Å². The molecule has 4 nitrogen and oxygen atoms in total. The van der Waals surface area contributed by atoms with E-state index in [1.807, 2.05) is 7.05 Å². The van der Waals surface area contributed by atoms with Crippen LogP contribution >= 0.6 is 23.2 Å². The van der Waals surface area contributed by atoms with Gasteiger partial charge in [0.15, 0.2) is 0 Å².